The third-order valence-electron chi connectivity index (χ3n) is 3.58. The lowest BCUT2D eigenvalue weighted by molar-refractivity contribution is 0.586. The molecule has 1 atom stereocenters. The molecule has 0 saturated heterocycles. The minimum atomic E-state index is -0.191. The van der Waals surface area contributed by atoms with E-state index in [-0.39, 0.29) is 5.82 Å². The van der Waals surface area contributed by atoms with Crippen molar-refractivity contribution in [2.45, 2.75) is 19.3 Å². The molecule has 21 heavy (non-hydrogen) atoms. The Labute approximate surface area is 127 Å². The van der Waals surface area contributed by atoms with Crippen LogP contribution in [0.5, 0.6) is 0 Å². The third kappa shape index (κ3) is 3.31. The number of likely N-dealkylation sites (N-methyl/N-ethyl adjacent to an activating group) is 1. The maximum atomic E-state index is 13.1. The number of imidazole rings is 1. The van der Waals surface area contributed by atoms with E-state index in [1.54, 1.807) is 11.3 Å². The van der Waals surface area contributed by atoms with E-state index >= 15 is 0 Å². The highest BCUT2D eigenvalue weighted by Gasteiger charge is 2.14. The lowest BCUT2D eigenvalue weighted by Crippen LogP contribution is -2.22. The van der Waals surface area contributed by atoms with E-state index in [2.05, 4.69) is 27.8 Å². The van der Waals surface area contributed by atoms with Gasteiger partial charge >= 0.3 is 0 Å². The first-order valence-electron chi connectivity index (χ1n) is 7.13. The molecule has 0 bridgehead atoms. The molecule has 3 aromatic rings. The van der Waals surface area contributed by atoms with Crippen molar-refractivity contribution in [3.8, 4) is 0 Å². The normalized spacial score (nSPS) is 12.9. The van der Waals surface area contributed by atoms with E-state index in [9.17, 15) is 4.39 Å². The van der Waals surface area contributed by atoms with Crippen LogP contribution in [0.1, 0.15) is 24.1 Å². The van der Waals surface area contributed by atoms with Gasteiger partial charge in [-0.25, -0.2) is 9.37 Å². The van der Waals surface area contributed by atoms with Gasteiger partial charge in [0.05, 0.1) is 5.69 Å². The number of fused-ring (bicyclic) bond motifs is 1. The van der Waals surface area contributed by atoms with Gasteiger partial charge in [0.1, 0.15) is 5.82 Å². The molecule has 0 aliphatic heterocycles. The van der Waals surface area contributed by atoms with Gasteiger partial charge in [-0.3, -0.25) is 4.40 Å². The van der Waals surface area contributed by atoms with Crippen LogP contribution in [-0.4, -0.2) is 22.5 Å². The first-order chi connectivity index (χ1) is 10.3. The van der Waals surface area contributed by atoms with Crippen LogP contribution in [0.3, 0.4) is 0 Å². The Hall–Kier alpha value is -1.72. The molecule has 0 amide bonds. The van der Waals surface area contributed by atoms with Crippen molar-refractivity contribution in [2.24, 2.45) is 0 Å². The van der Waals surface area contributed by atoms with Crippen LogP contribution in [0, 0.1) is 5.82 Å². The van der Waals surface area contributed by atoms with Crippen molar-refractivity contribution in [3.63, 3.8) is 0 Å². The Balaban J connectivity index is 1.81. The zero-order chi connectivity index (χ0) is 14.7. The molecule has 2 heterocycles. The molecule has 5 heteroatoms. The molecule has 0 radical (unpaired) electrons. The molecule has 0 aliphatic carbocycles. The second kappa shape index (κ2) is 6.37. The molecular formula is C16H18FN3S. The van der Waals surface area contributed by atoms with Crippen LogP contribution >= 0.6 is 11.3 Å². The topological polar surface area (TPSA) is 29.3 Å². The van der Waals surface area contributed by atoms with Gasteiger partial charge in [-0.05, 0) is 30.7 Å². The maximum absolute atomic E-state index is 13.1. The van der Waals surface area contributed by atoms with Crippen LogP contribution in [-0.2, 0) is 6.42 Å². The van der Waals surface area contributed by atoms with Crippen molar-refractivity contribution in [2.75, 3.05) is 13.1 Å². The Morgan fingerprint density at radius 1 is 1.33 bits per heavy atom. The van der Waals surface area contributed by atoms with Crippen molar-refractivity contribution in [1.29, 1.82) is 0 Å². The second-order valence-corrected chi connectivity index (χ2v) is 5.96. The minimum Gasteiger partial charge on any atom is -0.316 e. The molecule has 2 aromatic heterocycles. The fraction of sp³-hybridized carbons (Fsp3) is 0.312. The summed E-state index contributed by atoms with van der Waals surface area (Å²) in [6, 6.07) is 6.80. The van der Waals surface area contributed by atoms with E-state index < -0.39 is 0 Å². The fourth-order valence-electron chi connectivity index (χ4n) is 2.49. The summed E-state index contributed by atoms with van der Waals surface area (Å²) < 4.78 is 15.1. The quantitative estimate of drug-likeness (QED) is 0.755. The number of rotatable bonds is 6. The van der Waals surface area contributed by atoms with Crippen LogP contribution in [0.15, 0.2) is 42.0 Å². The van der Waals surface area contributed by atoms with Crippen LogP contribution < -0.4 is 5.32 Å². The van der Waals surface area contributed by atoms with Crippen molar-refractivity contribution >= 4 is 16.3 Å². The number of nitrogens with zero attached hydrogens (tertiary/aromatic N) is 2. The van der Waals surface area contributed by atoms with E-state index in [4.69, 9.17) is 0 Å². The molecule has 3 rings (SSSR count). The SMILES string of the molecule is CCNCC(Cc1cn2ccsc2n1)c1ccc(F)cc1. The first-order valence-corrected chi connectivity index (χ1v) is 8.01. The highest BCUT2D eigenvalue weighted by Crippen LogP contribution is 2.22. The average molecular weight is 303 g/mol. The minimum absolute atomic E-state index is 0.191. The number of nitrogens with one attached hydrogen (secondary N) is 1. The molecule has 1 unspecified atom stereocenters. The molecule has 0 aliphatic rings. The lowest BCUT2D eigenvalue weighted by atomic mass is 9.94. The molecule has 110 valence electrons. The number of hydrogen-bond acceptors (Lipinski definition) is 3. The van der Waals surface area contributed by atoms with Gasteiger partial charge in [0, 0.05) is 30.2 Å². The Morgan fingerprint density at radius 3 is 2.86 bits per heavy atom. The average Bonchev–Trinajstić information content (AvgIpc) is 3.05. The van der Waals surface area contributed by atoms with E-state index in [1.807, 2.05) is 23.7 Å². The van der Waals surface area contributed by atoms with Gasteiger partial charge in [0.15, 0.2) is 4.96 Å². The zero-order valence-corrected chi connectivity index (χ0v) is 12.7. The van der Waals surface area contributed by atoms with E-state index in [0.717, 1.165) is 35.7 Å². The molecule has 1 aromatic carbocycles. The van der Waals surface area contributed by atoms with Crippen molar-refractivity contribution < 1.29 is 4.39 Å². The van der Waals surface area contributed by atoms with Gasteiger partial charge in [0.2, 0.25) is 0 Å². The maximum Gasteiger partial charge on any atom is 0.193 e. The summed E-state index contributed by atoms with van der Waals surface area (Å²) in [5.74, 6) is 0.110. The Morgan fingerprint density at radius 2 is 2.14 bits per heavy atom. The Kier molecular flexibility index (Phi) is 4.31. The highest BCUT2D eigenvalue weighted by molar-refractivity contribution is 7.15. The van der Waals surface area contributed by atoms with Crippen molar-refractivity contribution in [1.82, 2.24) is 14.7 Å². The molecule has 3 nitrogen and oxygen atoms in total. The number of halogens is 1. The van der Waals surface area contributed by atoms with Gasteiger partial charge in [0.25, 0.3) is 0 Å². The van der Waals surface area contributed by atoms with Gasteiger partial charge in [-0.2, -0.15) is 0 Å². The summed E-state index contributed by atoms with van der Waals surface area (Å²) in [5.41, 5.74) is 2.22. The van der Waals surface area contributed by atoms with Crippen LogP contribution in [0.2, 0.25) is 0 Å². The number of thiazole rings is 1. The molecule has 1 N–H and O–H groups in total. The summed E-state index contributed by atoms with van der Waals surface area (Å²) >= 11 is 1.64. The van der Waals surface area contributed by atoms with Gasteiger partial charge in [-0.1, -0.05) is 19.1 Å². The second-order valence-electron chi connectivity index (χ2n) is 5.09. The number of hydrogen-bond donors (Lipinski definition) is 1. The Bertz CT molecular complexity index is 673. The molecule has 0 saturated carbocycles. The lowest BCUT2D eigenvalue weighted by Gasteiger charge is -2.16. The first kappa shape index (κ1) is 14.2. The van der Waals surface area contributed by atoms with E-state index in [0.29, 0.717) is 5.92 Å². The van der Waals surface area contributed by atoms with Gasteiger partial charge in [-0.15, -0.1) is 11.3 Å². The summed E-state index contributed by atoms with van der Waals surface area (Å²) in [5, 5.41) is 5.41. The molecule has 0 fully saturated rings. The van der Waals surface area contributed by atoms with Crippen LogP contribution in [0.4, 0.5) is 4.39 Å². The summed E-state index contributed by atoms with van der Waals surface area (Å²) in [7, 11) is 0. The zero-order valence-electron chi connectivity index (χ0n) is 11.9. The number of aromatic nitrogens is 2. The standard InChI is InChI=1S/C16H18FN3S/c1-2-18-10-13(12-3-5-14(17)6-4-12)9-15-11-20-7-8-21-16(20)19-15/h3-8,11,13,18H,2,9-10H2,1H3. The molecule has 0 spiro atoms. The van der Waals surface area contributed by atoms with Crippen molar-refractivity contribution in [3.05, 3.63) is 59.1 Å². The summed E-state index contributed by atoms with van der Waals surface area (Å²) in [4.78, 5) is 5.66. The predicted octanol–water partition coefficient (Wildman–Crippen LogP) is 3.47. The molecular weight excluding hydrogens is 285 g/mol. The predicted molar refractivity (Wildman–Crippen MR) is 84.5 cm³/mol. The van der Waals surface area contributed by atoms with Crippen LogP contribution in [0.25, 0.3) is 4.96 Å². The summed E-state index contributed by atoms with van der Waals surface area (Å²) in [6.07, 6.45) is 4.95. The highest BCUT2D eigenvalue weighted by atomic mass is 32.1. The monoisotopic (exact) mass is 303 g/mol. The third-order valence-corrected chi connectivity index (χ3v) is 4.35. The largest absolute Gasteiger partial charge is 0.316 e. The number of benzene rings is 1. The smallest absolute Gasteiger partial charge is 0.193 e. The van der Waals surface area contributed by atoms with Gasteiger partial charge < -0.3 is 5.32 Å². The fourth-order valence-corrected chi connectivity index (χ4v) is 3.21. The summed E-state index contributed by atoms with van der Waals surface area (Å²) in [6.45, 7) is 3.89. The van der Waals surface area contributed by atoms with E-state index in [1.165, 1.54) is 12.1 Å².